The molecule has 0 unspecified atom stereocenters. The first-order valence-electron chi connectivity index (χ1n) is 12.7. The summed E-state index contributed by atoms with van der Waals surface area (Å²) in [6.45, 7) is 8.02. The molecule has 0 amide bonds. The molecule has 1 aliphatic heterocycles. The second kappa shape index (κ2) is 10.7. The number of benzene rings is 2. The van der Waals surface area contributed by atoms with Gasteiger partial charge in [-0.25, -0.2) is 13.4 Å². The largest absolute Gasteiger partial charge is 0.506 e. The highest BCUT2D eigenvalue weighted by Crippen LogP contribution is 2.56. The van der Waals surface area contributed by atoms with Crippen molar-refractivity contribution in [3.8, 4) is 5.75 Å². The molecular weight excluding hydrogens is 566 g/mol. The number of aromatic hydroxyl groups is 1. The topological polar surface area (TPSA) is 166 Å². The number of nitrogens with one attached hydrogen (secondary N) is 2. The highest BCUT2D eigenvalue weighted by molar-refractivity contribution is 8.23. The van der Waals surface area contributed by atoms with Gasteiger partial charge in [0.15, 0.2) is 5.84 Å². The van der Waals surface area contributed by atoms with Crippen molar-refractivity contribution in [3.63, 3.8) is 0 Å². The maximum atomic E-state index is 13.6. The zero-order chi connectivity index (χ0) is 29.5. The molecule has 2 aromatic heterocycles. The number of nitrogens with zero attached hydrogens (tertiary/aromatic N) is 3. The molecule has 0 saturated heterocycles. The average molecular weight is 596 g/mol. The summed E-state index contributed by atoms with van der Waals surface area (Å²) in [5.41, 5.74) is 0.504. The Labute approximate surface area is 238 Å². The summed E-state index contributed by atoms with van der Waals surface area (Å²) in [7, 11) is -7.89. The SMILES string of the molecule is C=Cc1ccc(S(=O)(=O)Nc2ccc3c(c2)S(O)(O)N=C(c2c(O)c4cccnc4n(CCC(C)C)c2=O)N3)cc1. The summed E-state index contributed by atoms with van der Waals surface area (Å²) in [6.07, 6.45) is 3.79. The van der Waals surface area contributed by atoms with Crippen LogP contribution in [-0.4, -0.2) is 38.0 Å². The minimum Gasteiger partial charge on any atom is -0.506 e. The van der Waals surface area contributed by atoms with Crippen molar-refractivity contribution in [2.75, 3.05) is 10.0 Å². The van der Waals surface area contributed by atoms with E-state index in [1.54, 1.807) is 30.3 Å². The zero-order valence-corrected chi connectivity index (χ0v) is 23.9. The van der Waals surface area contributed by atoms with Gasteiger partial charge in [0, 0.05) is 12.7 Å². The van der Waals surface area contributed by atoms with Gasteiger partial charge >= 0.3 is 0 Å². The van der Waals surface area contributed by atoms with Gasteiger partial charge in [0.2, 0.25) is 0 Å². The number of sulfonamides is 1. The molecule has 41 heavy (non-hydrogen) atoms. The van der Waals surface area contributed by atoms with Crippen LogP contribution in [0.5, 0.6) is 5.75 Å². The lowest BCUT2D eigenvalue weighted by molar-refractivity contribution is 0.473. The number of anilines is 2. The maximum absolute atomic E-state index is 13.6. The van der Waals surface area contributed by atoms with Gasteiger partial charge in [0.05, 0.1) is 21.7 Å². The lowest BCUT2D eigenvalue weighted by Crippen LogP contribution is -2.32. The van der Waals surface area contributed by atoms with Crippen molar-refractivity contribution in [2.45, 2.75) is 36.6 Å². The molecule has 11 nitrogen and oxygen atoms in total. The lowest BCUT2D eigenvalue weighted by Gasteiger charge is -2.34. The summed E-state index contributed by atoms with van der Waals surface area (Å²) >= 11 is 0. The van der Waals surface area contributed by atoms with Crippen molar-refractivity contribution in [2.24, 2.45) is 10.3 Å². The first-order chi connectivity index (χ1) is 19.4. The van der Waals surface area contributed by atoms with Gasteiger partial charge in [-0.1, -0.05) is 49.4 Å². The van der Waals surface area contributed by atoms with Crippen molar-refractivity contribution < 1.29 is 22.6 Å². The molecule has 0 radical (unpaired) electrons. The number of rotatable bonds is 8. The minimum atomic E-state index is -3.98. The molecule has 214 valence electrons. The first-order valence-corrected chi connectivity index (χ1v) is 15.7. The van der Waals surface area contributed by atoms with Crippen LogP contribution >= 0.6 is 10.8 Å². The molecule has 3 heterocycles. The number of aromatic nitrogens is 2. The number of pyridine rings is 2. The second-order valence-corrected chi connectivity index (χ2v) is 13.3. The fraction of sp³-hybridized carbons (Fsp3) is 0.179. The van der Waals surface area contributed by atoms with Gasteiger partial charge in [-0.05, 0) is 60.4 Å². The van der Waals surface area contributed by atoms with Crippen LogP contribution in [0.4, 0.5) is 11.4 Å². The molecule has 13 heteroatoms. The standard InChI is InChI=1S/C28H29N5O6S2/c1-4-18-7-10-20(11-8-18)40(36,37)31-19-9-12-22-23(16-19)41(38,39)32-26(30-22)24-25(34)21-6-5-14-29-27(21)33(28(24)35)15-13-17(2)3/h4-12,14,16-17,31,34,38-39H,1,13,15H2,2-3H3,(H,30,32). The quantitative estimate of drug-likeness (QED) is 0.178. The molecular formula is C28H29N5O6S2. The number of amidine groups is 1. The molecule has 5 N–H and O–H groups in total. The molecule has 0 bridgehead atoms. The van der Waals surface area contributed by atoms with Gasteiger partial charge in [0.25, 0.3) is 15.6 Å². The van der Waals surface area contributed by atoms with E-state index in [4.69, 9.17) is 0 Å². The van der Waals surface area contributed by atoms with Crippen LogP contribution < -0.4 is 15.6 Å². The zero-order valence-electron chi connectivity index (χ0n) is 22.3. The Morgan fingerprint density at radius 2 is 1.88 bits per heavy atom. The summed E-state index contributed by atoms with van der Waals surface area (Å²) < 4.78 is 55.8. The first kappa shape index (κ1) is 28.4. The van der Waals surface area contributed by atoms with Crippen LogP contribution in [0.15, 0.2) is 86.4 Å². The van der Waals surface area contributed by atoms with E-state index >= 15 is 0 Å². The molecule has 0 atom stereocenters. The van der Waals surface area contributed by atoms with E-state index in [0.29, 0.717) is 29.9 Å². The predicted molar refractivity (Wildman–Crippen MR) is 162 cm³/mol. The lowest BCUT2D eigenvalue weighted by atomic mass is 10.1. The van der Waals surface area contributed by atoms with Crippen LogP contribution in [0.25, 0.3) is 17.1 Å². The molecule has 0 aliphatic carbocycles. The van der Waals surface area contributed by atoms with E-state index in [0.717, 1.165) is 5.56 Å². The predicted octanol–water partition coefficient (Wildman–Crippen LogP) is 5.49. The Balaban J connectivity index is 1.54. The number of hydrogen-bond acceptors (Lipinski definition) is 9. The Kier molecular flexibility index (Phi) is 7.38. The van der Waals surface area contributed by atoms with E-state index in [9.17, 15) is 27.4 Å². The Morgan fingerprint density at radius 1 is 1.15 bits per heavy atom. The fourth-order valence-electron chi connectivity index (χ4n) is 4.42. The highest BCUT2D eigenvalue weighted by atomic mass is 32.3. The second-order valence-electron chi connectivity index (χ2n) is 9.91. The smallest absolute Gasteiger partial charge is 0.267 e. The van der Waals surface area contributed by atoms with Gasteiger partial charge < -0.3 is 10.4 Å². The van der Waals surface area contributed by atoms with E-state index in [-0.39, 0.29) is 32.6 Å². The molecule has 4 aromatic rings. The van der Waals surface area contributed by atoms with Crippen molar-refractivity contribution in [1.29, 1.82) is 0 Å². The average Bonchev–Trinajstić information content (AvgIpc) is 2.93. The van der Waals surface area contributed by atoms with Gasteiger partial charge in [0.1, 0.15) is 21.9 Å². The van der Waals surface area contributed by atoms with Gasteiger partial charge in [-0.2, -0.15) is 0 Å². The van der Waals surface area contributed by atoms with E-state index in [1.165, 1.54) is 41.1 Å². The van der Waals surface area contributed by atoms with Crippen LogP contribution in [0.2, 0.25) is 0 Å². The van der Waals surface area contributed by atoms with E-state index < -0.39 is 32.1 Å². The third kappa shape index (κ3) is 5.44. The van der Waals surface area contributed by atoms with Crippen LogP contribution in [0.3, 0.4) is 0 Å². The Bertz CT molecular complexity index is 1870. The highest BCUT2D eigenvalue weighted by Gasteiger charge is 2.31. The van der Waals surface area contributed by atoms with Crippen molar-refractivity contribution >= 4 is 55.1 Å². The Hall–Kier alpha value is -4.17. The summed E-state index contributed by atoms with van der Waals surface area (Å²) in [6, 6.07) is 13.5. The third-order valence-corrected chi connectivity index (χ3v) is 9.35. The fourth-order valence-corrected chi connectivity index (χ4v) is 6.66. The maximum Gasteiger partial charge on any atom is 0.267 e. The number of aryl methyl sites for hydroxylation is 1. The van der Waals surface area contributed by atoms with Crippen LogP contribution in [-0.2, 0) is 16.6 Å². The van der Waals surface area contributed by atoms with Crippen molar-refractivity contribution in [3.05, 3.63) is 88.9 Å². The number of hydrogen-bond donors (Lipinski definition) is 5. The number of fused-ring (bicyclic) bond motifs is 2. The molecule has 5 rings (SSSR count). The normalized spacial score (nSPS) is 15.1. The molecule has 2 aromatic carbocycles. The van der Waals surface area contributed by atoms with Gasteiger partial charge in [-0.15, -0.1) is 4.40 Å². The van der Waals surface area contributed by atoms with Gasteiger partial charge in [-0.3, -0.25) is 23.2 Å². The Morgan fingerprint density at radius 3 is 2.56 bits per heavy atom. The molecule has 1 aliphatic rings. The summed E-state index contributed by atoms with van der Waals surface area (Å²) in [5.74, 6) is -0.324. The van der Waals surface area contributed by atoms with E-state index in [2.05, 4.69) is 26.0 Å². The third-order valence-electron chi connectivity index (χ3n) is 6.59. The monoisotopic (exact) mass is 595 g/mol. The summed E-state index contributed by atoms with van der Waals surface area (Å²) in [4.78, 5) is 17.9. The molecule has 0 fully saturated rings. The van der Waals surface area contributed by atoms with Crippen LogP contribution in [0.1, 0.15) is 31.4 Å². The van der Waals surface area contributed by atoms with E-state index in [1.807, 2.05) is 13.8 Å². The molecule has 0 spiro atoms. The summed E-state index contributed by atoms with van der Waals surface area (Å²) in [5, 5.41) is 14.3. The van der Waals surface area contributed by atoms with Crippen molar-refractivity contribution in [1.82, 2.24) is 9.55 Å². The molecule has 0 saturated carbocycles. The minimum absolute atomic E-state index is 0.0147. The van der Waals surface area contributed by atoms with Crippen LogP contribution in [0, 0.1) is 5.92 Å².